The normalized spacial score (nSPS) is 19.1. The van der Waals surface area contributed by atoms with Crippen molar-refractivity contribution in [1.82, 2.24) is 14.4 Å². The van der Waals surface area contributed by atoms with Crippen LogP contribution in [-0.2, 0) is 20.4 Å². The van der Waals surface area contributed by atoms with Gasteiger partial charge in [-0.25, -0.2) is 14.6 Å². The van der Waals surface area contributed by atoms with Gasteiger partial charge in [-0.2, -0.15) is 0 Å². The summed E-state index contributed by atoms with van der Waals surface area (Å²) in [6.45, 7) is 30.9. The number of hydrogen-bond acceptors (Lipinski definition) is 6. The van der Waals surface area contributed by atoms with Gasteiger partial charge in [-0.15, -0.1) is 0 Å². The van der Waals surface area contributed by atoms with Gasteiger partial charge < -0.3 is 14.8 Å². The Kier molecular flexibility index (Phi) is 13.6. The lowest BCUT2D eigenvalue weighted by Crippen LogP contribution is -2.49. The molecule has 0 aliphatic heterocycles. The highest BCUT2D eigenvalue weighted by molar-refractivity contribution is 6.04. The van der Waals surface area contributed by atoms with E-state index in [9.17, 15) is 14.4 Å². The van der Waals surface area contributed by atoms with Crippen LogP contribution in [0.25, 0.3) is 28.2 Å². The van der Waals surface area contributed by atoms with E-state index in [0.29, 0.717) is 34.9 Å². The van der Waals surface area contributed by atoms with Gasteiger partial charge in [0.05, 0.1) is 0 Å². The predicted octanol–water partition coefficient (Wildman–Crippen LogP) is 12.8. The van der Waals surface area contributed by atoms with Crippen LogP contribution in [0.2, 0.25) is 0 Å². The minimum absolute atomic E-state index is 0.00321. The van der Waals surface area contributed by atoms with Crippen molar-refractivity contribution in [3.8, 4) is 28.3 Å². The number of esters is 1. The molecule has 1 amide bonds. The molecule has 1 saturated carbocycles. The van der Waals surface area contributed by atoms with Crippen molar-refractivity contribution in [2.24, 2.45) is 28.6 Å². The first-order valence-electron chi connectivity index (χ1n) is 23.1. The largest absolute Gasteiger partial charge is 0.480 e. The third-order valence-corrected chi connectivity index (χ3v) is 14.1. The Labute approximate surface area is 375 Å². The molecule has 1 aliphatic rings. The molecular formula is C54H72N4O5. The highest BCUT2D eigenvalue weighted by atomic mass is 16.5. The van der Waals surface area contributed by atoms with E-state index in [-0.39, 0.29) is 62.5 Å². The number of fused-ring (bicyclic) bond motifs is 1. The molecule has 3 atom stereocenters. The van der Waals surface area contributed by atoms with Crippen molar-refractivity contribution in [3.05, 3.63) is 106 Å². The maximum atomic E-state index is 14.9. The number of nitrogens with zero attached hydrogens (tertiary/aromatic N) is 2. The summed E-state index contributed by atoms with van der Waals surface area (Å²) in [5, 5.41) is 3.07. The fourth-order valence-electron chi connectivity index (χ4n) is 9.20. The SMILES string of the molecule is CCC(Oc1ccc(C(C)(C)CC)cc1C(C)(C)CC)C(=O)Nc1cccc(-c2nc3c(C(=O)OC4C(C(C)(C)C)CC(C)CC4C(C)(C)C)c(-c4ccccc4)cn3c(=O)[nH]2)c1. The molecule has 338 valence electrons. The van der Waals surface area contributed by atoms with Crippen LogP contribution in [0, 0.1) is 28.6 Å². The third kappa shape index (κ3) is 10.1. The number of carbonyl (C=O) groups is 2. The summed E-state index contributed by atoms with van der Waals surface area (Å²) in [5.74, 6) is 0.948. The van der Waals surface area contributed by atoms with E-state index in [1.807, 2.05) is 49.4 Å². The number of rotatable bonds is 13. The van der Waals surface area contributed by atoms with Crippen LogP contribution in [0.3, 0.4) is 0 Å². The molecule has 3 aromatic carbocycles. The molecule has 1 aliphatic carbocycles. The first-order chi connectivity index (χ1) is 29.5. The van der Waals surface area contributed by atoms with Crippen LogP contribution in [0.1, 0.15) is 151 Å². The minimum Gasteiger partial charge on any atom is -0.480 e. The lowest BCUT2D eigenvalue weighted by atomic mass is 9.59. The van der Waals surface area contributed by atoms with Crippen molar-refractivity contribution in [3.63, 3.8) is 0 Å². The lowest BCUT2D eigenvalue weighted by Gasteiger charge is -2.50. The average molecular weight is 857 g/mol. The molecular weight excluding hydrogens is 785 g/mol. The number of H-pyrrole nitrogens is 1. The molecule has 0 saturated heterocycles. The standard InChI is InChI=1S/C54H72N4O5/c1-15-42(62-43-27-26-36(53(11,12)16-2)31-39(43)54(13,14)17-3)48(59)55-37-25-21-24-35(30-37)46-56-47-44(38(32-58(47)50(61)57-46)34-22-19-18-20-23-34)49(60)63-45-40(51(5,6)7)28-33(4)29-41(45)52(8,9)10/h18-27,30-33,40-42,45H,15-17,28-29H2,1-14H3,(H,55,59)(H,56,57,61). The van der Waals surface area contributed by atoms with Gasteiger partial charge in [0.2, 0.25) is 0 Å². The minimum atomic E-state index is -0.756. The number of nitrogens with one attached hydrogen (secondary N) is 2. The molecule has 5 aromatic rings. The molecule has 2 N–H and O–H groups in total. The molecule has 0 spiro atoms. The summed E-state index contributed by atoms with van der Waals surface area (Å²) in [6.07, 6.45) is 4.86. The van der Waals surface area contributed by atoms with Gasteiger partial charge in [0.25, 0.3) is 5.91 Å². The molecule has 6 rings (SSSR count). The van der Waals surface area contributed by atoms with Gasteiger partial charge in [0.15, 0.2) is 11.8 Å². The molecule has 0 bridgehead atoms. The highest BCUT2D eigenvalue weighted by Crippen LogP contribution is 2.50. The number of anilines is 1. The molecule has 3 unspecified atom stereocenters. The van der Waals surface area contributed by atoms with Crippen molar-refractivity contribution in [1.29, 1.82) is 0 Å². The van der Waals surface area contributed by atoms with Gasteiger partial charge in [0, 0.05) is 40.4 Å². The Morgan fingerprint density at radius 2 is 1.43 bits per heavy atom. The van der Waals surface area contributed by atoms with Crippen LogP contribution in [0.15, 0.2) is 83.8 Å². The molecule has 1 fully saturated rings. The summed E-state index contributed by atoms with van der Waals surface area (Å²) in [4.78, 5) is 50.8. The van der Waals surface area contributed by atoms with E-state index < -0.39 is 17.8 Å². The second-order valence-corrected chi connectivity index (χ2v) is 21.5. The number of aromatic amines is 1. The van der Waals surface area contributed by atoms with Gasteiger partial charge in [-0.3, -0.25) is 14.2 Å². The van der Waals surface area contributed by atoms with Crippen LogP contribution in [0.5, 0.6) is 5.75 Å². The van der Waals surface area contributed by atoms with E-state index in [2.05, 4.69) is 112 Å². The molecule has 2 heterocycles. The first kappa shape index (κ1) is 47.3. The Morgan fingerprint density at radius 3 is 2.02 bits per heavy atom. The molecule has 2 aromatic heterocycles. The van der Waals surface area contributed by atoms with Crippen LogP contribution in [0.4, 0.5) is 5.69 Å². The summed E-state index contributed by atoms with van der Waals surface area (Å²) in [6, 6.07) is 23.2. The molecule has 9 nitrogen and oxygen atoms in total. The van der Waals surface area contributed by atoms with E-state index in [1.165, 1.54) is 9.96 Å². The van der Waals surface area contributed by atoms with Crippen LogP contribution >= 0.6 is 0 Å². The van der Waals surface area contributed by atoms with Crippen molar-refractivity contribution in [2.75, 3.05) is 5.32 Å². The lowest BCUT2D eigenvalue weighted by molar-refractivity contribution is -0.122. The second-order valence-electron chi connectivity index (χ2n) is 21.5. The fourth-order valence-corrected chi connectivity index (χ4v) is 9.20. The van der Waals surface area contributed by atoms with Crippen LogP contribution in [-0.4, -0.2) is 38.5 Å². The van der Waals surface area contributed by atoms with E-state index in [4.69, 9.17) is 14.5 Å². The molecule has 0 radical (unpaired) electrons. The summed E-state index contributed by atoms with van der Waals surface area (Å²) in [5.41, 5.74) is 4.38. The maximum absolute atomic E-state index is 14.9. The van der Waals surface area contributed by atoms with E-state index in [1.54, 1.807) is 24.4 Å². The molecule has 9 heteroatoms. The third-order valence-electron chi connectivity index (χ3n) is 14.1. The van der Waals surface area contributed by atoms with Crippen molar-refractivity contribution < 1.29 is 19.1 Å². The fraction of sp³-hybridized carbons (Fsp3) is 0.519. The van der Waals surface area contributed by atoms with Crippen molar-refractivity contribution in [2.45, 2.75) is 152 Å². The number of amides is 1. The monoisotopic (exact) mass is 857 g/mol. The summed E-state index contributed by atoms with van der Waals surface area (Å²) >= 11 is 0. The number of carbonyl (C=O) groups excluding carboxylic acids is 2. The predicted molar refractivity (Wildman–Crippen MR) is 257 cm³/mol. The Hall–Kier alpha value is -5.18. The van der Waals surface area contributed by atoms with Crippen molar-refractivity contribution >= 4 is 23.2 Å². The smallest absolute Gasteiger partial charge is 0.342 e. The summed E-state index contributed by atoms with van der Waals surface area (Å²) in [7, 11) is 0. The molecule has 63 heavy (non-hydrogen) atoms. The number of hydrogen-bond donors (Lipinski definition) is 2. The Balaban J connectivity index is 1.35. The summed E-state index contributed by atoms with van der Waals surface area (Å²) < 4.78 is 14.7. The zero-order chi connectivity index (χ0) is 46.2. The van der Waals surface area contributed by atoms with Gasteiger partial charge >= 0.3 is 11.7 Å². The van der Waals surface area contributed by atoms with E-state index >= 15 is 0 Å². The quantitative estimate of drug-likeness (QED) is 0.114. The van der Waals surface area contributed by atoms with Crippen LogP contribution < -0.4 is 15.7 Å². The number of aromatic nitrogens is 3. The number of ether oxygens (including phenoxy) is 2. The average Bonchev–Trinajstić information content (AvgIpc) is 3.63. The highest BCUT2D eigenvalue weighted by Gasteiger charge is 2.48. The van der Waals surface area contributed by atoms with Gasteiger partial charge in [-0.1, -0.05) is 152 Å². The van der Waals surface area contributed by atoms with E-state index in [0.717, 1.165) is 36.8 Å². The topological polar surface area (TPSA) is 115 Å². The zero-order valence-electron chi connectivity index (χ0n) is 40.4. The maximum Gasteiger partial charge on any atom is 0.342 e. The van der Waals surface area contributed by atoms with Gasteiger partial charge in [-0.05, 0) is 89.0 Å². The number of benzene rings is 3. The zero-order valence-corrected chi connectivity index (χ0v) is 40.4. The second kappa shape index (κ2) is 18.1. The first-order valence-corrected chi connectivity index (χ1v) is 23.1. The Bertz CT molecular complexity index is 2460. The Morgan fingerprint density at radius 1 is 0.810 bits per heavy atom. The van der Waals surface area contributed by atoms with Gasteiger partial charge in [0.1, 0.15) is 23.2 Å².